The molecule has 0 spiro atoms. The maximum absolute atomic E-state index is 11.9. The molecule has 0 N–H and O–H groups in total. The zero-order valence-electron chi connectivity index (χ0n) is 9.84. The van der Waals surface area contributed by atoms with Gasteiger partial charge in [0.2, 0.25) is 0 Å². The van der Waals surface area contributed by atoms with Crippen LogP contribution >= 0.6 is 11.5 Å². The van der Waals surface area contributed by atoms with Gasteiger partial charge >= 0.3 is 5.97 Å². The Labute approximate surface area is 108 Å². The number of rotatable bonds is 3. The zero-order chi connectivity index (χ0) is 13.1. The second-order valence-corrected chi connectivity index (χ2v) is 4.38. The summed E-state index contributed by atoms with van der Waals surface area (Å²) in [5.41, 5.74) is 0.895. The molecule has 2 aromatic rings. The number of nitrogens with zero attached hydrogens (tertiary/aromatic N) is 2. The number of Topliss-reactive ketones (excluding diaryl/α,β-unsaturated/α-hetero) is 1. The van der Waals surface area contributed by atoms with E-state index in [1.165, 1.54) is 6.92 Å². The van der Waals surface area contributed by atoms with Gasteiger partial charge in [-0.25, -0.2) is 4.79 Å². The van der Waals surface area contributed by atoms with Gasteiger partial charge in [-0.05, 0) is 37.5 Å². The lowest BCUT2D eigenvalue weighted by molar-refractivity contribution is 0.0737. The Balaban J connectivity index is 2.28. The first kappa shape index (κ1) is 12.4. The minimum atomic E-state index is -0.545. The molecule has 0 saturated heterocycles. The third kappa shape index (κ3) is 2.43. The van der Waals surface area contributed by atoms with Gasteiger partial charge in [-0.1, -0.05) is 16.6 Å². The first-order valence-electron chi connectivity index (χ1n) is 5.20. The van der Waals surface area contributed by atoms with Crippen LogP contribution < -0.4 is 4.74 Å². The van der Waals surface area contributed by atoms with Crippen molar-refractivity contribution in [3.8, 4) is 5.75 Å². The Morgan fingerprint density at radius 2 is 2.00 bits per heavy atom. The Hall–Kier alpha value is -2.08. The smallest absolute Gasteiger partial charge is 0.357 e. The molecule has 1 aromatic carbocycles. The molecule has 0 amide bonds. The van der Waals surface area contributed by atoms with Crippen LogP contribution in [0.25, 0.3) is 0 Å². The van der Waals surface area contributed by atoms with Crippen LogP contribution in [0, 0.1) is 6.92 Å². The quantitative estimate of drug-likeness (QED) is 0.482. The summed E-state index contributed by atoms with van der Waals surface area (Å²) in [5, 5.41) is 3.74. The molecule has 18 heavy (non-hydrogen) atoms. The summed E-state index contributed by atoms with van der Waals surface area (Å²) < 4.78 is 8.87. The van der Waals surface area contributed by atoms with Crippen LogP contribution in [0.4, 0.5) is 0 Å². The van der Waals surface area contributed by atoms with Crippen molar-refractivity contribution < 1.29 is 14.3 Å². The molecule has 1 heterocycles. The second-order valence-electron chi connectivity index (χ2n) is 3.63. The van der Waals surface area contributed by atoms with E-state index in [4.69, 9.17) is 4.74 Å². The van der Waals surface area contributed by atoms with Crippen LogP contribution in [0.1, 0.15) is 32.6 Å². The fourth-order valence-corrected chi connectivity index (χ4v) is 1.95. The van der Waals surface area contributed by atoms with Crippen molar-refractivity contribution in [2.24, 2.45) is 0 Å². The highest BCUT2D eigenvalue weighted by atomic mass is 32.1. The van der Waals surface area contributed by atoms with Crippen LogP contribution in [0.15, 0.2) is 24.3 Å². The molecule has 6 heteroatoms. The standard InChI is InChI=1S/C12H10N2O3S/c1-7-11(18-14-13-7)12(16)17-10-6-4-3-5-9(10)8(2)15/h3-6H,1-2H3. The highest BCUT2D eigenvalue weighted by Crippen LogP contribution is 2.21. The maximum atomic E-state index is 11.9. The number of aryl methyl sites for hydroxylation is 1. The predicted molar refractivity (Wildman–Crippen MR) is 66.1 cm³/mol. The predicted octanol–water partition coefficient (Wildman–Crippen LogP) is 2.27. The van der Waals surface area contributed by atoms with Crippen molar-refractivity contribution in [3.05, 3.63) is 40.4 Å². The van der Waals surface area contributed by atoms with Crippen molar-refractivity contribution in [3.63, 3.8) is 0 Å². The number of hydrogen-bond donors (Lipinski definition) is 0. The number of carbonyl (C=O) groups excluding carboxylic acids is 2. The largest absolute Gasteiger partial charge is 0.421 e. The van der Waals surface area contributed by atoms with Crippen LogP contribution in [0.5, 0.6) is 5.75 Å². The summed E-state index contributed by atoms with van der Waals surface area (Å²) in [6.07, 6.45) is 0. The average Bonchev–Trinajstić information content (AvgIpc) is 2.76. The molecule has 2 rings (SSSR count). The lowest BCUT2D eigenvalue weighted by Gasteiger charge is -2.06. The lowest BCUT2D eigenvalue weighted by atomic mass is 10.1. The number of carbonyl (C=O) groups is 2. The van der Waals surface area contributed by atoms with Gasteiger partial charge < -0.3 is 4.74 Å². The summed E-state index contributed by atoms with van der Waals surface area (Å²) in [6, 6.07) is 6.61. The highest BCUT2D eigenvalue weighted by molar-refractivity contribution is 7.07. The number of ether oxygens (including phenoxy) is 1. The zero-order valence-corrected chi connectivity index (χ0v) is 10.7. The Morgan fingerprint density at radius 3 is 2.61 bits per heavy atom. The molecule has 5 nitrogen and oxygen atoms in total. The minimum Gasteiger partial charge on any atom is -0.421 e. The van der Waals surface area contributed by atoms with Crippen molar-refractivity contribution in [2.75, 3.05) is 0 Å². The van der Waals surface area contributed by atoms with Crippen molar-refractivity contribution in [1.82, 2.24) is 9.59 Å². The fraction of sp³-hybridized carbons (Fsp3) is 0.167. The maximum Gasteiger partial charge on any atom is 0.357 e. The monoisotopic (exact) mass is 262 g/mol. The number of esters is 1. The summed E-state index contributed by atoms with van der Waals surface area (Å²) in [4.78, 5) is 23.6. The first-order valence-corrected chi connectivity index (χ1v) is 5.98. The van der Waals surface area contributed by atoms with E-state index in [1.54, 1.807) is 31.2 Å². The molecular weight excluding hydrogens is 252 g/mol. The molecule has 1 aromatic heterocycles. The summed E-state index contributed by atoms with van der Waals surface area (Å²) in [5.74, 6) is -0.448. The van der Waals surface area contributed by atoms with Gasteiger partial charge in [0.25, 0.3) is 0 Å². The van der Waals surface area contributed by atoms with Crippen molar-refractivity contribution >= 4 is 23.3 Å². The number of ketones is 1. The molecule has 0 bridgehead atoms. The first-order chi connectivity index (χ1) is 8.59. The molecule has 0 aliphatic carbocycles. The Kier molecular flexibility index (Phi) is 3.47. The van der Waals surface area contributed by atoms with Crippen LogP contribution in [-0.2, 0) is 0 Å². The molecule has 0 radical (unpaired) electrons. The highest BCUT2D eigenvalue weighted by Gasteiger charge is 2.18. The van der Waals surface area contributed by atoms with Gasteiger partial charge in [-0.2, -0.15) is 0 Å². The summed E-state index contributed by atoms with van der Waals surface area (Å²) in [6.45, 7) is 3.10. The molecule has 0 saturated carbocycles. The van der Waals surface area contributed by atoms with E-state index in [1.807, 2.05) is 0 Å². The van der Waals surface area contributed by atoms with Gasteiger partial charge in [0.1, 0.15) is 5.75 Å². The number of benzene rings is 1. The van der Waals surface area contributed by atoms with E-state index in [9.17, 15) is 9.59 Å². The van der Waals surface area contributed by atoms with Crippen molar-refractivity contribution in [1.29, 1.82) is 0 Å². The summed E-state index contributed by atoms with van der Waals surface area (Å²) in [7, 11) is 0. The lowest BCUT2D eigenvalue weighted by Crippen LogP contribution is -2.10. The number of hydrogen-bond acceptors (Lipinski definition) is 6. The Morgan fingerprint density at radius 1 is 1.28 bits per heavy atom. The van der Waals surface area contributed by atoms with Crippen LogP contribution in [0.2, 0.25) is 0 Å². The number of para-hydroxylation sites is 1. The molecule has 0 fully saturated rings. The summed E-state index contributed by atoms with van der Waals surface area (Å²) >= 11 is 0.971. The molecular formula is C12H10N2O3S. The Bertz CT molecular complexity index is 607. The second kappa shape index (κ2) is 5.05. The van der Waals surface area contributed by atoms with Gasteiger partial charge in [0.05, 0.1) is 11.3 Å². The number of aromatic nitrogens is 2. The van der Waals surface area contributed by atoms with Crippen LogP contribution in [-0.4, -0.2) is 21.3 Å². The van der Waals surface area contributed by atoms with Crippen molar-refractivity contribution in [2.45, 2.75) is 13.8 Å². The van der Waals surface area contributed by atoms with E-state index in [2.05, 4.69) is 9.59 Å². The SMILES string of the molecule is CC(=O)c1ccccc1OC(=O)c1snnc1C. The van der Waals surface area contributed by atoms with E-state index < -0.39 is 5.97 Å². The van der Waals surface area contributed by atoms with Gasteiger partial charge in [0, 0.05) is 0 Å². The van der Waals surface area contributed by atoms with E-state index in [0.717, 1.165) is 11.5 Å². The molecule has 0 unspecified atom stereocenters. The minimum absolute atomic E-state index is 0.155. The topological polar surface area (TPSA) is 69.2 Å². The van der Waals surface area contributed by atoms with Gasteiger partial charge in [-0.15, -0.1) is 5.10 Å². The average molecular weight is 262 g/mol. The molecule has 0 aliphatic heterocycles. The molecule has 92 valence electrons. The fourth-order valence-electron chi connectivity index (χ4n) is 1.41. The van der Waals surface area contributed by atoms with Gasteiger partial charge in [-0.3, -0.25) is 4.79 Å². The van der Waals surface area contributed by atoms with E-state index >= 15 is 0 Å². The van der Waals surface area contributed by atoms with Crippen LogP contribution in [0.3, 0.4) is 0 Å². The third-order valence-electron chi connectivity index (χ3n) is 2.31. The molecule has 0 aliphatic rings. The van der Waals surface area contributed by atoms with Gasteiger partial charge in [0.15, 0.2) is 10.7 Å². The molecule has 0 atom stereocenters. The normalized spacial score (nSPS) is 10.1. The van der Waals surface area contributed by atoms with E-state index in [0.29, 0.717) is 16.1 Å². The van der Waals surface area contributed by atoms with E-state index in [-0.39, 0.29) is 11.5 Å². The third-order valence-corrected chi connectivity index (χ3v) is 3.11.